The van der Waals surface area contributed by atoms with Crippen molar-refractivity contribution in [1.82, 2.24) is 15.1 Å². The van der Waals surface area contributed by atoms with Crippen LogP contribution in [0.25, 0.3) is 0 Å². The Bertz CT molecular complexity index is 389. The van der Waals surface area contributed by atoms with Crippen LogP contribution >= 0.6 is 0 Å². The number of nitrogens with zero attached hydrogens (tertiary/aromatic N) is 2. The van der Waals surface area contributed by atoms with Crippen LogP contribution in [0.15, 0.2) is 0 Å². The highest BCUT2D eigenvalue weighted by molar-refractivity contribution is 5.52. The van der Waals surface area contributed by atoms with Gasteiger partial charge in [-0.2, -0.15) is 5.10 Å². The fourth-order valence-corrected chi connectivity index (χ4v) is 2.75. The summed E-state index contributed by atoms with van der Waals surface area (Å²) in [5.74, 6) is 0.799. The normalized spacial score (nSPS) is 17.4. The number of nitrogens with one attached hydrogen (secondary N) is 2. The molecule has 0 aromatic carbocycles. The van der Waals surface area contributed by atoms with Crippen LogP contribution in [0.3, 0.4) is 0 Å². The molecule has 0 amide bonds. The second-order valence-corrected chi connectivity index (χ2v) is 5.66. The van der Waals surface area contributed by atoms with Gasteiger partial charge in [-0.1, -0.05) is 0 Å². The molecule has 4 heteroatoms. The maximum atomic E-state index is 4.62. The number of aromatic nitrogens is 2. The predicted molar refractivity (Wildman–Crippen MR) is 76.2 cm³/mol. The Morgan fingerprint density at radius 1 is 1.33 bits per heavy atom. The monoisotopic (exact) mass is 250 g/mol. The zero-order chi connectivity index (χ0) is 13.1. The van der Waals surface area contributed by atoms with Crippen molar-refractivity contribution in [3.63, 3.8) is 0 Å². The van der Waals surface area contributed by atoms with Gasteiger partial charge in [0.15, 0.2) is 0 Å². The molecule has 1 saturated heterocycles. The molecular formula is C14H26N4. The van der Waals surface area contributed by atoms with Crippen LogP contribution in [-0.4, -0.2) is 29.4 Å². The van der Waals surface area contributed by atoms with E-state index in [0.29, 0.717) is 6.04 Å². The molecule has 2 rings (SSSR count). The highest BCUT2D eigenvalue weighted by atomic mass is 15.3. The molecule has 2 heterocycles. The summed E-state index contributed by atoms with van der Waals surface area (Å²) >= 11 is 0. The third kappa shape index (κ3) is 2.86. The number of aryl methyl sites for hydroxylation is 1. The summed E-state index contributed by atoms with van der Waals surface area (Å²) in [7, 11) is 0. The van der Waals surface area contributed by atoms with Crippen LogP contribution < -0.4 is 10.6 Å². The van der Waals surface area contributed by atoms with Gasteiger partial charge in [0.2, 0.25) is 0 Å². The predicted octanol–water partition coefficient (Wildman–Crippen LogP) is 2.49. The Morgan fingerprint density at radius 3 is 2.56 bits per heavy atom. The quantitative estimate of drug-likeness (QED) is 0.862. The van der Waals surface area contributed by atoms with E-state index in [4.69, 9.17) is 0 Å². The highest BCUT2D eigenvalue weighted by Crippen LogP contribution is 2.23. The highest BCUT2D eigenvalue weighted by Gasteiger charge is 2.16. The third-order valence-electron chi connectivity index (χ3n) is 3.84. The maximum absolute atomic E-state index is 4.62. The second kappa shape index (κ2) is 5.74. The van der Waals surface area contributed by atoms with Crippen molar-refractivity contribution < 1.29 is 0 Å². The summed E-state index contributed by atoms with van der Waals surface area (Å²) in [5.41, 5.74) is 3.62. The molecule has 0 radical (unpaired) electrons. The molecule has 0 saturated carbocycles. The lowest BCUT2D eigenvalue weighted by Gasteiger charge is -2.23. The standard InChI is InChI=1S/C14H26N4/c1-10(2)18-12(4)14(11(3)17-18)16-9-13-5-7-15-8-6-13/h10,13,15-16H,5-9H2,1-4H3. The SMILES string of the molecule is Cc1nn(C(C)C)c(C)c1NCC1CCNCC1. The lowest BCUT2D eigenvalue weighted by molar-refractivity contribution is 0.390. The summed E-state index contributed by atoms with van der Waals surface area (Å²) in [6.45, 7) is 12.0. The van der Waals surface area contributed by atoms with Gasteiger partial charge in [-0.25, -0.2) is 0 Å². The molecule has 102 valence electrons. The smallest absolute Gasteiger partial charge is 0.0828 e. The van der Waals surface area contributed by atoms with E-state index in [2.05, 4.69) is 48.1 Å². The fraction of sp³-hybridized carbons (Fsp3) is 0.786. The van der Waals surface area contributed by atoms with Crippen LogP contribution in [0, 0.1) is 19.8 Å². The molecule has 0 atom stereocenters. The van der Waals surface area contributed by atoms with Crippen molar-refractivity contribution in [3.05, 3.63) is 11.4 Å². The third-order valence-corrected chi connectivity index (χ3v) is 3.84. The van der Waals surface area contributed by atoms with Gasteiger partial charge >= 0.3 is 0 Å². The van der Waals surface area contributed by atoms with Crippen LogP contribution in [0.4, 0.5) is 5.69 Å². The molecule has 4 nitrogen and oxygen atoms in total. The molecule has 1 aliphatic heterocycles. The van der Waals surface area contributed by atoms with Gasteiger partial charge in [-0.05, 0) is 59.5 Å². The van der Waals surface area contributed by atoms with Gasteiger partial charge in [0, 0.05) is 12.6 Å². The maximum Gasteiger partial charge on any atom is 0.0828 e. The zero-order valence-corrected chi connectivity index (χ0v) is 12.1. The van der Waals surface area contributed by atoms with Gasteiger partial charge in [0.25, 0.3) is 0 Å². The van der Waals surface area contributed by atoms with E-state index in [9.17, 15) is 0 Å². The van der Waals surface area contributed by atoms with Gasteiger partial charge < -0.3 is 10.6 Å². The van der Waals surface area contributed by atoms with Crippen molar-refractivity contribution in [3.8, 4) is 0 Å². The van der Waals surface area contributed by atoms with Crippen LogP contribution in [0.2, 0.25) is 0 Å². The molecule has 0 aliphatic carbocycles. The van der Waals surface area contributed by atoms with Crippen molar-refractivity contribution in [2.75, 3.05) is 25.0 Å². The Labute approximate surface area is 110 Å². The molecule has 0 unspecified atom stereocenters. The first-order valence-corrected chi connectivity index (χ1v) is 7.10. The van der Waals surface area contributed by atoms with E-state index < -0.39 is 0 Å². The number of piperidine rings is 1. The molecule has 0 bridgehead atoms. The zero-order valence-electron chi connectivity index (χ0n) is 12.1. The number of rotatable bonds is 4. The molecule has 18 heavy (non-hydrogen) atoms. The molecule has 1 aliphatic rings. The Kier molecular flexibility index (Phi) is 4.27. The summed E-state index contributed by atoms with van der Waals surface area (Å²) in [5, 5.41) is 11.6. The van der Waals surface area contributed by atoms with Gasteiger partial charge in [0.05, 0.1) is 17.1 Å². The average Bonchev–Trinajstić information content (AvgIpc) is 2.64. The number of anilines is 1. The van der Waals surface area contributed by atoms with Crippen molar-refractivity contribution in [2.24, 2.45) is 5.92 Å². The van der Waals surface area contributed by atoms with E-state index in [0.717, 1.165) is 31.2 Å². The van der Waals surface area contributed by atoms with Crippen LogP contribution in [0.1, 0.15) is 44.1 Å². The van der Waals surface area contributed by atoms with E-state index >= 15 is 0 Å². The average molecular weight is 250 g/mol. The van der Waals surface area contributed by atoms with Crippen LogP contribution in [0.5, 0.6) is 0 Å². The van der Waals surface area contributed by atoms with Crippen molar-refractivity contribution in [1.29, 1.82) is 0 Å². The van der Waals surface area contributed by atoms with Gasteiger partial charge in [0.1, 0.15) is 0 Å². The largest absolute Gasteiger partial charge is 0.382 e. The summed E-state index contributed by atoms with van der Waals surface area (Å²) in [6, 6.07) is 0.429. The van der Waals surface area contributed by atoms with Gasteiger partial charge in [-0.15, -0.1) is 0 Å². The first-order chi connectivity index (χ1) is 8.59. The second-order valence-electron chi connectivity index (χ2n) is 5.66. The molecule has 2 N–H and O–H groups in total. The minimum absolute atomic E-state index is 0.429. The van der Waals surface area contributed by atoms with E-state index in [-0.39, 0.29) is 0 Å². The lowest BCUT2D eigenvalue weighted by atomic mass is 9.98. The van der Waals surface area contributed by atoms with Crippen molar-refractivity contribution >= 4 is 5.69 Å². The van der Waals surface area contributed by atoms with Gasteiger partial charge in [-0.3, -0.25) is 4.68 Å². The first kappa shape index (κ1) is 13.4. The van der Waals surface area contributed by atoms with E-state index in [1.54, 1.807) is 0 Å². The Hall–Kier alpha value is -1.03. The first-order valence-electron chi connectivity index (χ1n) is 7.10. The summed E-state index contributed by atoms with van der Waals surface area (Å²) in [4.78, 5) is 0. The molecule has 1 aromatic heterocycles. The summed E-state index contributed by atoms with van der Waals surface area (Å²) in [6.07, 6.45) is 2.56. The molecule has 1 aromatic rings. The topological polar surface area (TPSA) is 41.9 Å². The minimum atomic E-state index is 0.429. The number of hydrogen-bond acceptors (Lipinski definition) is 3. The molecular weight excluding hydrogens is 224 g/mol. The number of hydrogen-bond donors (Lipinski definition) is 2. The fourth-order valence-electron chi connectivity index (χ4n) is 2.75. The van der Waals surface area contributed by atoms with E-state index in [1.165, 1.54) is 24.2 Å². The minimum Gasteiger partial charge on any atom is -0.382 e. The Balaban J connectivity index is 2.00. The Morgan fingerprint density at radius 2 is 2.00 bits per heavy atom. The van der Waals surface area contributed by atoms with Crippen molar-refractivity contribution in [2.45, 2.75) is 46.6 Å². The summed E-state index contributed by atoms with van der Waals surface area (Å²) < 4.78 is 2.11. The van der Waals surface area contributed by atoms with E-state index in [1.807, 2.05) is 0 Å². The lowest BCUT2D eigenvalue weighted by Crippen LogP contribution is -2.31. The van der Waals surface area contributed by atoms with Crippen LogP contribution in [-0.2, 0) is 0 Å². The molecule has 0 spiro atoms. The molecule has 1 fully saturated rings.